The van der Waals surface area contributed by atoms with Gasteiger partial charge in [0.15, 0.2) is 0 Å². The Bertz CT molecular complexity index is 1240. The van der Waals surface area contributed by atoms with Crippen LogP contribution in [0, 0.1) is 0 Å². The zero-order valence-electron chi connectivity index (χ0n) is 49.6. The number of unbranched alkanes of at least 4 members (excludes halogenated alkanes) is 44. The van der Waals surface area contributed by atoms with E-state index in [9.17, 15) is 19.8 Å². The molecule has 0 aromatic rings. The summed E-state index contributed by atoms with van der Waals surface area (Å²) in [6.45, 7) is 4.87. The molecule has 0 aliphatic heterocycles. The van der Waals surface area contributed by atoms with Crippen LogP contribution in [0.4, 0.5) is 0 Å². The first kappa shape index (κ1) is 71.8. The number of aliphatic hydroxyl groups excluding tert-OH is 2. The highest BCUT2D eigenvalue weighted by Gasteiger charge is 2.18. The molecular weight excluding hydrogens is 911 g/mol. The molecule has 0 aromatic heterocycles. The number of allylic oxidation sites excluding steroid dienone is 7. The lowest BCUT2D eigenvalue weighted by molar-refractivity contribution is -0.143. The summed E-state index contributed by atoms with van der Waals surface area (Å²) in [5.74, 6) is -0.0609. The predicted octanol–water partition coefficient (Wildman–Crippen LogP) is 20.9. The van der Waals surface area contributed by atoms with Crippen molar-refractivity contribution in [3.63, 3.8) is 0 Å². The summed E-state index contributed by atoms with van der Waals surface area (Å²) in [5, 5.41) is 23.0. The molecule has 3 N–H and O–H groups in total. The lowest BCUT2D eigenvalue weighted by Gasteiger charge is -2.20. The van der Waals surface area contributed by atoms with Gasteiger partial charge in [-0.2, -0.15) is 0 Å². The Hall–Kier alpha value is -2.18. The van der Waals surface area contributed by atoms with Crippen LogP contribution < -0.4 is 5.32 Å². The van der Waals surface area contributed by atoms with E-state index < -0.39 is 12.1 Å². The third-order valence-corrected chi connectivity index (χ3v) is 15.1. The van der Waals surface area contributed by atoms with Gasteiger partial charge >= 0.3 is 5.97 Å². The normalized spacial score (nSPS) is 12.9. The van der Waals surface area contributed by atoms with Crippen molar-refractivity contribution in [3.8, 4) is 0 Å². The number of carbonyl (C=O) groups excluding carboxylic acids is 2. The van der Waals surface area contributed by atoms with Gasteiger partial charge in [0.25, 0.3) is 0 Å². The van der Waals surface area contributed by atoms with Gasteiger partial charge in [0, 0.05) is 12.8 Å². The zero-order valence-corrected chi connectivity index (χ0v) is 49.6. The van der Waals surface area contributed by atoms with Gasteiger partial charge in [-0.25, -0.2) is 0 Å². The summed E-state index contributed by atoms with van der Waals surface area (Å²) >= 11 is 0. The second-order valence-corrected chi connectivity index (χ2v) is 22.4. The molecule has 74 heavy (non-hydrogen) atoms. The van der Waals surface area contributed by atoms with E-state index >= 15 is 0 Å². The third-order valence-electron chi connectivity index (χ3n) is 15.1. The molecule has 0 radical (unpaired) electrons. The minimum atomic E-state index is -0.841. The summed E-state index contributed by atoms with van der Waals surface area (Å²) in [7, 11) is 0. The van der Waals surface area contributed by atoms with Crippen LogP contribution in [0.5, 0.6) is 0 Å². The van der Waals surface area contributed by atoms with E-state index in [0.29, 0.717) is 19.4 Å². The highest BCUT2D eigenvalue weighted by molar-refractivity contribution is 5.76. The van der Waals surface area contributed by atoms with Crippen LogP contribution in [-0.4, -0.2) is 47.4 Å². The minimum Gasteiger partial charge on any atom is -0.466 e. The monoisotopic (exact) mass is 1040 g/mol. The molecule has 0 saturated heterocycles. The fourth-order valence-corrected chi connectivity index (χ4v) is 10.0. The Labute approximate surface area is 461 Å². The predicted molar refractivity (Wildman–Crippen MR) is 324 cm³/mol. The number of nitrogens with one attached hydrogen (secondary N) is 1. The first-order valence-electron chi connectivity index (χ1n) is 32.9. The van der Waals surface area contributed by atoms with Crippen LogP contribution >= 0.6 is 0 Å². The van der Waals surface area contributed by atoms with Crippen molar-refractivity contribution in [2.45, 2.75) is 360 Å². The van der Waals surface area contributed by atoms with E-state index in [2.05, 4.69) is 55.6 Å². The molecule has 6 nitrogen and oxygen atoms in total. The van der Waals surface area contributed by atoms with Gasteiger partial charge in [0.05, 0.1) is 25.4 Å². The number of hydrogen-bond donors (Lipinski definition) is 3. The molecule has 1 amide bonds. The van der Waals surface area contributed by atoms with Crippen LogP contribution in [0.25, 0.3) is 0 Å². The first-order chi connectivity index (χ1) is 36.5. The highest BCUT2D eigenvalue weighted by atomic mass is 16.5. The summed E-state index contributed by atoms with van der Waals surface area (Å²) in [5.41, 5.74) is 0. The average molecular weight is 1040 g/mol. The number of amides is 1. The summed E-state index contributed by atoms with van der Waals surface area (Å²) < 4.78 is 5.47. The maximum absolute atomic E-state index is 12.4. The number of aliphatic hydroxyl groups is 2. The lowest BCUT2D eigenvalue weighted by Crippen LogP contribution is -2.45. The number of carbonyl (C=O) groups is 2. The lowest BCUT2D eigenvalue weighted by atomic mass is 10.0. The molecule has 0 saturated carbocycles. The molecule has 0 rings (SSSR count). The Morgan fingerprint density at radius 2 is 0.676 bits per heavy atom. The second kappa shape index (κ2) is 63.4. The summed E-state index contributed by atoms with van der Waals surface area (Å²) in [6, 6.07) is -0.624. The average Bonchev–Trinajstić information content (AvgIpc) is 3.40. The van der Waals surface area contributed by atoms with Crippen LogP contribution in [-0.2, 0) is 14.3 Å². The number of ether oxygens (including phenoxy) is 1. The van der Waals surface area contributed by atoms with Crippen LogP contribution in [0.2, 0.25) is 0 Å². The fraction of sp³-hybridized carbons (Fsp3) is 0.853. The SMILES string of the molecule is CCCCC/C=C\CCCCCCCC(=O)OCCCCCCCCCCCCC/C=C\C/C=C\CCCCCCCCCCCCCCCCCCCC(=O)NC(CO)C(O)/C=C/CCCCCCCCCC. The van der Waals surface area contributed by atoms with E-state index in [0.717, 1.165) is 51.4 Å². The Kier molecular flexibility index (Phi) is 61.5. The van der Waals surface area contributed by atoms with Gasteiger partial charge in [-0.3, -0.25) is 9.59 Å². The molecule has 6 heteroatoms. The summed E-state index contributed by atoms with van der Waals surface area (Å²) in [4.78, 5) is 24.4. The maximum Gasteiger partial charge on any atom is 0.305 e. The van der Waals surface area contributed by atoms with Crippen LogP contribution in [0.15, 0.2) is 48.6 Å². The van der Waals surface area contributed by atoms with Gasteiger partial charge in [-0.05, 0) is 89.9 Å². The number of esters is 1. The molecule has 2 atom stereocenters. The van der Waals surface area contributed by atoms with Crippen LogP contribution in [0.3, 0.4) is 0 Å². The van der Waals surface area contributed by atoms with Gasteiger partial charge in [0.2, 0.25) is 5.91 Å². The fourth-order valence-electron chi connectivity index (χ4n) is 10.0. The molecular formula is C68H127NO5. The number of hydrogen-bond acceptors (Lipinski definition) is 5. The minimum absolute atomic E-state index is 0.00610. The molecule has 0 aromatic carbocycles. The van der Waals surface area contributed by atoms with E-state index in [-0.39, 0.29) is 18.5 Å². The van der Waals surface area contributed by atoms with E-state index in [4.69, 9.17) is 4.74 Å². The van der Waals surface area contributed by atoms with Crippen molar-refractivity contribution in [3.05, 3.63) is 48.6 Å². The summed E-state index contributed by atoms with van der Waals surface area (Å²) in [6.07, 6.45) is 81.9. The molecule has 0 bridgehead atoms. The third kappa shape index (κ3) is 59.1. The molecule has 2 unspecified atom stereocenters. The smallest absolute Gasteiger partial charge is 0.305 e. The number of rotatable bonds is 61. The maximum atomic E-state index is 12.4. The highest BCUT2D eigenvalue weighted by Crippen LogP contribution is 2.17. The van der Waals surface area contributed by atoms with Gasteiger partial charge in [-0.1, -0.05) is 294 Å². The van der Waals surface area contributed by atoms with Crippen molar-refractivity contribution >= 4 is 11.9 Å². The molecule has 0 heterocycles. The largest absolute Gasteiger partial charge is 0.466 e. The van der Waals surface area contributed by atoms with Crippen molar-refractivity contribution in [2.24, 2.45) is 0 Å². The molecule has 0 fully saturated rings. The van der Waals surface area contributed by atoms with Crippen molar-refractivity contribution in [1.29, 1.82) is 0 Å². The van der Waals surface area contributed by atoms with Gasteiger partial charge < -0.3 is 20.3 Å². The van der Waals surface area contributed by atoms with Gasteiger partial charge in [0.1, 0.15) is 0 Å². The topological polar surface area (TPSA) is 95.9 Å². The van der Waals surface area contributed by atoms with Crippen molar-refractivity contribution < 1.29 is 24.5 Å². The molecule has 0 aliphatic rings. The van der Waals surface area contributed by atoms with E-state index in [1.54, 1.807) is 6.08 Å². The molecule has 434 valence electrons. The zero-order chi connectivity index (χ0) is 53.6. The van der Waals surface area contributed by atoms with Gasteiger partial charge in [-0.15, -0.1) is 0 Å². The Balaban J connectivity index is 3.37. The Morgan fingerprint density at radius 3 is 1.07 bits per heavy atom. The van der Waals surface area contributed by atoms with E-state index in [1.807, 2.05) is 6.08 Å². The standard InChI is InChI=1S/C68H127NO5/c1-3-5-7-9-11-13-15-42-46-50-54-58-62-68(73)74-63-59-55-51-47-43-40-38-36-34-32-30-28-26-24-22-20-18-16-17-19-21-23-25-27-29-31-33-35-37-39-41-45-49-53-57-61-67(72)69-65(64-70)66(71)60-56-52-48-44-14-12-10-8-6-4-2/h11,13,18,20,24,26,56,60,65-66,70-71H,3-10,12,14-17,19,21-23,25,27-55,57-59,61-64H2,1-2H3,(H,69,72)/b13-11-,20-18-,26-24-,60-56+. The molecule has 0 spiro atoms. The van der Waals surface area contributed by atoms with Crippen LogP contribution in [0.1, 0.15) is 348 Å². The van der Waals surface area contributed by atoms with E-state index in [1.165, 1.54) is 270 Å². The Morgan fingerprint density at radius 1 is 0.378 bits per heavy atom. The quantitative estimate of drug-likeness (QED) is 0.0320. The van der Waals surface area contributed by atoms with Crippen molar-refractivity contribution in [2.75, 3.05) is 13.2 Å². The van der Waals surface area contributed by atoms with Crippen molar-refractivity contribution in [1.82, 2.24) is 5.32 Å². The molecule has 0 aliphatic carbocycles. The second-order valence-electron chi connectivity index (χ2n) is 22.4. The first-order valence-corrected chi connectivity index (χ1v) is 32.9.